The zero-order valence-electron chi connectivity index (χ0n) is 17.0. The predicted molar refractivity (Wildman–Crippen MR) is 111 cm³/mol. The molecule has 0 amide bonds. The van der Waals surface area contributed by atoms with E-state index in [4.69, 9.17) is 18.9 Å². The van der Waals surface area contributed by atoms with Crippen LogP contribution >= 0.6 is 0 Å². The second-order valence-electron chi connectivity index (χ2n) is 7.08. The molecule has 0 spiro atoms. The molecule has 0 fully saturated rings. The second kappa shape index (κ2) is 7.22. The highest BCUT2D eigenvalue weighted by Gasteiger charge is 2.18. The van der Waals surface area contributed by atoms with Crippen molar-refractivity contribution >= 4 is 16.7 Å². The van der Waals surface area contributed by atoms with Gasteiger partial charge in [-0.05, 0) is 55.8 Å². The maximum atomic E-state index is 5.83. The molecule has 8 heteroatoms. The molecule has 8 nitrogen and oxygen atoms in total. The Morgan fingerprint density at radius 1 is 1.03 bits per heavy atom. The molecule has 0 aliphatic rings. The van der Waals surface area contributed by atoms with E-state index in [0.717, 1.165) is 45.2 Å². The molecule has 0 unspecified atom stereocenters. The number of benzene rings is 1. The van der Waals surface area contributed by atoms with Gasteiger partial charge < -0.3 is 18.5 Å². The highest BCUT2D eigenvalue weighted by Crippen LogP contribution is 2.28. The van der Waals surface area contributed by atoms with Crippen LogP contribution in [0.4, 0.5) is 0 Å². The highest BCUT2D eigenvalue weighted by molar-refractivity contribution is 5.93. The Morgan fingerprint density at radius 2 is 1.83 bits per heavy atom. The standard InChI is InChI=1S/C22H21N5O3/c1-14-15(2)26(11-18-5-4-10-29-18)21-20(14)22-24-19(25-27(22)13-23-21)12-30-17-8-6-16(28-3)7-9-17/h4-10,13H,11-12H2,1-3H3. The van der Waals surface area contributed by atoms with E-state index >= 15 is 0 Å². The lowest BCUT2D eigenvalue weighted by Gasteiger charge is -2.05. The fourth-order valence-corrected chi connectivity index (χ4v) is 3.61. The molecule has 0 radical (unpaired) electrons. The molecule has 4 heterocycles. The number of aromatic nitrogens is 5. The van der Waals surface area contributed by atoms with Crippen LogP contribution in [0.5, 0.6) is 11.5 Å². The van der Waals surface area contributed by atoms with Crippen LogP contribution in [0.1, 0.15) is 22.8 Å². The number of furan rings is 1. The maximum absolute atomic E-state index is 5.83. The summed E-state index contributed by atoms with van der Waals surface area (Å²) >= 11 is 0. The second-order valence-corrected chi connectivity index (χ2v) is 7.08. The SMILES string of the molecule is COc1ccc(OCc2nc3c4c(C)c(C)n(Cc5ccco5)c4ncn3n2)cc1. The first-order valence-corrected chi connectivity index (χ1v) is 9.63. The molecule has 0 atom stereocenters. The molecule has 0 aliphatic heterocycles. The normalized spacial score (nSPS) is 11.4. The van der Waals surface area contributed by atoms with Gasteiger partial charge in [0, 0.05) is 5.69 Å². The molecule has 152 valence electrons. The molecule has 0 aliphatic carbocycles. The lowest BCUT2D eigenvalue weighted by molar-refractivity contribution is 0.295. The summed E-state index contributed by atoms with van der Waals surface area (Å²) < 4.78 is 20.4. The molecular weight excluding hydrogens is 382 g/mol. The van der Waals surface area contributed by atoms with E-state index in [2.05, 4.69) is 28.5 Å². The number of nitrogens with zero attached hydrogens (tertiary/aromatic N) is 5. The Hall–Kier alpha value is -3.81. The van der Waals surface area contributed by atoms with Gasteiger partial charge in [-0.3, -0.25) is 0 Å². The first-order valence-electron chi connectivity index (χ1n) is 9.63. The van der Waals surface area contributed by atoms with E-state index in [0.29, 0.717) is 12.4 Å². The van der Waals surface area contributed by atoms with Crippen LogP contribution in [0.15, 0.2) is 53.4 Å². The molecule has 0 N–H and O–H groups in total. The quantitative estimate of drug-likeness (QED) is 0.427. The Morgan fingerprint density at radius 3 is 2.57 bits per heavy atom. The molecule has 0 bridgehead atoms. The number of hydrogen-bond donors (Lipinski definition) is 0. The zero-order valence-corrected chi connectivity index (χ0v) is 17.0. The minimum atomic E-state index is 0.265. The van der Waals surface area contributed by atoms with Crippen LogP contribution in [0, 0.1) is 13.8 Å². The van der Waals surface area contributed by atoms with Gasteiger partial charge in [0.15, 0.2) is 11.5 Å². The Labute approximate surface area is 172 Å². The average Bonchev–Trinajstić information content (AvgIpc) is 3.48. The van der Waals surface area contributed by atoms with Crippen LogP contribution in [0.2, 0.25) is 0 Å². The fraction of sp³-hybridized carbons (Fsp3) is 0.227. The third-order valence-corrected chi connectivity index (χ3v) is 5.31. The van der Waals surface area contributed by atoms with Gasteiger partial charge in [-0.15, -0.1) is 5.10 Å². The van der Waals surface area contributed by atoms with Gasteiger partial charge >= 0.3 is 0 Å². The first-order chi connectivity index (χ1) is 14.6. The monoisotopic (exact) mass is 403 g/mol. The topological polar surface area (TPSA) is 79.6 Å². The van der Waals surface area contributed by atoms with Crippen LogP contribution in [0.25, 0.3) is 16.7 Å². The van der Waals surface area contributed by atoms with Crippen LogP contribution in [-0.4, -0.2) is 31.3 Å². The summed E-state index contributed by atoms with van der Waals surface area (Å²) in [6.07, 6.45) is 3.38. The van der Waals surface area contributed by atoms with E-state index in [1.807, 2.05) is 36.4 Å². The van der Waals surface area contributed by atoms with Gasteiger partial charge in [0.25, 0.3) is 0 Å². The van der Waals surface area contributed by atoms with E-state index in [-0.39, 0.29) is 6.61 Å². The molecule has 0 saturated heterocycles. The summed E-state index contributed by atoms with van der Waals surface area (Å²) in [5.74, 6) is 2.99. The molecule has 0 saturated carbocycles. The average molecular weight is 403 g/mol. The number of rotatable bonds is 6. The number of fused-ring (bicyclic) bond motifs is 3. The highest BCUT2D eigenvalue weighted by atomic mass is 16.5. The third kappa shape index (κ3) is 3.06. The van der Waals surface area contributed by atoms with Crippen LogP contribution in [-0.2, 0) is 13.2 Å². The molecule has 30 heavy (non-hydrogen) atoms. The van der Waals surface area contributed by atoms with Gasteiger partial charge in [-0.25, -0.2) is 14.5 Å². The van der Waals surface area contributed by atoms with Crippen molar-refractivity contribution in [1.29, 1.82) is 0 Å². The van der Waals surface area contributed by atoms with Crippen LogP contribution in [0.3, 0.4) is 0 Å². The minimum Gasteiger partial charge on any atom is -0.497 e. The van der Waals surface area contributed by atoms with Gasteiger partial charge in [0.05, 0.1) is 25.3 Å². The zero-order chi connectivity index (χ0) is 20.7. The van der Waals surface area contributed by atoms with Crippen molar-refractivity contribution in [1.82, 2.24) is 24.1 Å². The predicted octanol–water partition coefficient (Wildman–Crippen LogP) is 3.92. The van der Waals surface area contributed by atoms with Crippen molar-refractivity contribution in [3.63, 3.8) is 0 Å². The summed E-state index contributed by atoms with van der Waals surface area (Å²) in [5.41, 5.74) is 3.89. The van der Waals surface area contributed by atoms with Crippen molar-refractivity contribution < 1.29 is 13.9 Å². The van der Waals surface area contributed by atoms with Crippen molar-refractivity contribution in [2.24, 2.45) is 0 Å². The molecule has 1 aromatic carbocycles. The minimum absolute atomic E-state index is 0.265. The van der Waals surface area contributed by atoms with Crippen molar-refractivity contribution in [3.8, 4) is 11.5 Å². The van der Waals surface area contributed by atoms with Gasteiger partial charge in [0.1, 0.15) is 35.8 Å². The molecule has 5 rings (SSSR count). The summed E-state index contributed by atoms with van der Waals surface area (Å²) in [7, 11) is 1.64. The van der Waals surface area contributed by atoms with Gasteiger partial charge in [-0.1, -0.05) is 0 Å². The van der Waals surface area contributed by atoms with Crippen LogP contribution < -0.4 is 9.47 Å². The Balaban J connectivity index is 1.48. The van der Waals surface area contributed by atoms with E-state index in [1.54, 1.807) is 24.2 Å². The third-order valence-electron chi connectivity index (χ3n) is 5.31. The molecular formula is C22H21N5O3. The molecule has 5 aromatic rings. The van der Waals surface area contributed by atoms with E-state index < -0.39 is 0 Å². The lowest BCUT2D eigenvalue weighted by atomic mass is 10.2. The Bertz CT molecular complexity index is 1320. The van der Waals surface area contributed by atoms with Crippen molar-refractivity contribution in [3.05, 3.63) is 71.8 Å². The summed E-state index contributed by atoms with van der Waals surface area (Å²) in [6, 6.07) is 11.3. The fourth-order valence-electron chi connectivity index (χ4n) is 3.61. The maximum Gasteiger partial charge on any atom is 0.189 e. The Kier molecular flexibility index (Phi) is 4.39. The van der Waals surface area contributed by atoms with Crippen molar-refractivity contribution in [2.45, 2.75) is 27.0 Å². The number of aryl methyl sites for hydroxylation is 1. The first kappa shape index (κ1) is 18.2. The largest absolute Gasteiger partial charge is 0.497 e. The number of methoxy groups -OCH3 is 1. The van der Waals surface area contributed by atoms with E-state index in [9.17, 15) is 0 Å². The van der Waals surface area contributed by atoms with Gasteiger partial charge in [-0.2, -0.15) is 0 Å². The lowest BCUT2D eigenvalue weighted by Crippen LogP contribution is -2.02. The summed E-state index contributed by atoms with van der Waals surface area (Å²) in [5, 5.41) is 5.52. The summed E-state index contributed by atoms with van der Waals surface area (Å²) in [4.78, 5) is 9.38. The smallest absolute Gasteiger partial charge is 0.189 e. The number of hydrogen-bond acceptors (Lipinski definition) is 6. The van der Waals surface area contributed by atoms with Gasteiger partial charge in [0.2, 0.25) is 0 Å². The van der Waals surface area contributed by atoms with Crippen molar-refractivity contribution in [2.75, 3.05) is 7.11 Å². The van der Waals surface area contributed by atoms with E-state index in [1.165, 1.54) is 0 Å². The number of ether oxygens (including phenoxy) is 2. The molecule has 4 aromatic heterocycles. The summed E-state index contributed by atoms with van der Waals surface area (Å²) in [6.45, 7) is 5.05.